The minimum atomic E-state index is -0.0130. The zero-order chi connectivity index (χ0) is 15.2. The molecule has 2 rings (SSSR count). The minimum absolute atomic E-state index is 0.0130. The average molecular weight is 309 g/mol. The van der Waals surface area contributed by atoms with E-state index in [9.17, 15) is 4.79 Å². The van der Waals surface area contributed by atoms with Gasteiger partial charge in [0, 0.05) is 18.1 Å². The molecule has 1 fully saturated rings. The number of rotatable bonds is 5. The fourth-order valence-electron chi connectivity index (χ4n) is 3.04. The highest BCUT2D eigenvalue weighted by Crippen LogP contribution is 2.23. The first-order valence-corrected chi connectivity index (χ1v) is 8.34. The summed E-state index contributed by atoms with van der Waals surface area (Å²) >= 11 is 5.79. The molecule has 21 heavy (non-hydrogen) atoms. The van der Waals surface area contributed by atoms with Gasteiger partial charge in [-0.25, -0.2) is 0 Å². The monoisotopic (exact) mass is 308 g/mol. The number of carbonyl (C=O) groups excluding carboxylic acids is 1. The smallest absolute Gasteiger partial charge is 0.241 e. The van der Waals surface area contributed by atoms with E-state index in [2.05, 4.69) is 10.2 Å². The van der Waals surface area contributed by atoms with Gasteiger partial charge in [0.25, 0.3) is 0 Å². The Balaban J connectivity index is 2.07. The van der Waals surface area contributed by atoms with E-state index in [1.54, 1.807) is 0 Å². The molecular formula is C17H25ClN2O. The van der Waals surface area contributed by atoms with Crippen molar-refractivity contribution in [1.29, 1.82) is 0 Å². The molecule has 1 unspecified atom stereocenters. The first kappa shape index (κ1) is 16.3. The van der Waals surface area contributed by atoms with Crippen LogP contribution >= 0.6 is 11.6 Å². The number of amides is 1. The predicted octanol–water partition coefficient (Wildman–Crippen LogP) is 3.73. The summed E-state index contributed by atoms with van der Waals surface area (Å²) in [4.78, 5) is 14.9. The maximum atomic E-state index is 12.7. The molecule has 0 saturated carbocycles. The van der Waals surface area contributed by atoms with E-state index >= 15 is 0 Å². The lowest BCUT2D eigenvalue weighted by molar-refractivity contribution is -0.122. The van der Waals surface area contributed by atoms with Gasteiger partial charge < -0.3 is 5.32 Å². The van der Waals surface area contributed by atoms with Gasteiger partial charge >= 0.3 is 0 Å². The van der Waals surface area contributed by atoms with Crippen LogP contribution in [0.2, 0.25) is 0 Å². The Morgan fingerprint density at radius 2 is 2.05 bits per heavy atom. The van der Waals surface area contributed by atoms with Crippen LogP contribution in [0.15, 0.2) is 18.2 Å². The van der Waals surface area contributed by atoms with Crippen molar-refractivity contribution in [2.75, 3.05) is 24.3 Å². The summed E-state index contributed by atoms with van der Waals surface area (Å²) in [7, 11) is 0. The van der Waals surface area contributed by atoms with Crippen molar-refractivity contribution >= 4 is 23.2 Å². The molecule has 1 heterocycles. The Kier molecular flexibility index (Phi) is 6.07. The van der Waals surface area contributed by atoms with Crippen molar-refractivity contribution in [3.05, 3.63) is 29.3 Å². The lowest BCUT2D eigenvalue weighted by Gasteiger charge is -2.34. The molecule has 1 N–H and O–H groups in total. The van der Waals surface area contributed by atoms with Crippen LogP contribution in [0, 0.1) is 13.8 Å². The summed E-state index contributed by atoms with van der Waals surface area (Å²) < 4.78 is 0. The van der Waals surface area contributed by atoms with Crippen LogP contribution in [-0.2, 0) is 4.79 Å². The Morgan fingerprint density at radius 1 is 1.33 bits per heavy atom. The van der Waals surface area contributed by atoms with Crippen molar-refractivity contribution in [3.63, 3.8) is 0 Å². The van der Waals surface area contributed by atoms with Crippen LogP contribution in [0.5, 0.6) is 0 Å². The summed E-state index contributed by atoms with van der Waals surface area (Å²) in [5.74, 6) is 0.781. The molecule has 1 atom stereocenters. The molecule has 4 heteroatoms. The number of anilines is 1. The maximum absolute atomic E-state index is 12.7. The van der Waals surface area contributed by atoms with Crippen LogP contribution < -0.4 is 5.32 Å². The number of hydrogen-bond donors (Lipinski definition) is 1. The van der Waals surface area contributed by atoms with Crippen molar-refractivity contribution in [2.24, 2.45) is 0 Å². The molecule has 0 spiro atoms. The van der Waals surface area contributed by atoms with E-state index in [0.717, 1.165) is 49.2 Å². The SMILES string of the molecule is Cc1cccc(C)c1NC(=O)C1CCCCN1CCCCl. The van der Waals surface area contributed by atoms with Crippen LogP contribution in [0.3, 0.4) is 0 Å². The summed E-state index contributed by atoms with van der Waals surface area (Å²) in [6.45, 7) is 5.99. The number of benzene rings is 1. The summed E-state index contributed by atoms with van der Waals surface area (Å²) in [6.07, 6.45) is 4.19. The van der Waals surface area contributed by atoms with Crippen molar-refractivity contribution in [2.45, 2.75) is 45.6 Å². The Bertz CT molecular complexity index is 469. The predicted molar refractivity (Wildman–Crippen MR) is 89.1 cm³/mol. The van der Waals surface area contributed by atoms with Crippen LogP contribution in [0.25, 0.3) is 0 Å². The molecule has 0 bridgehead atoms. The highest BCUT2D eigenvalue weighted by Gasteiger charge is 2.28. The fourth-order valence-corrected chi connectivity index (χ4v) is 3.16. The van der Waals surface area contributed by atoms with Crippen LogP contribution in [0.1, 0.15) is 36.8 Å². The van der Waals surface area contributed by atoms with Gasteiger partial charge in [0.15, 0.2) is 0 Å². The molecule has 1 aromatic carbocycles. The second kappa shape index (κ2) is 7.81. The highest BCUT2D eigenvalue weighted by atomic mass is 35.5. The third-order valence-corrected chi connectivity index (χ3v) is 4.49. The number of nitrogens with zero attached hydrogens (tertiary/aromatic N) is 1. The molecule has 1 aliphatic heterocycles. The van der Waals surface area contributed by atoms with Crippen molar-refractivity contribution in [3.8, 4) is 0 Å². The summed E-state index contributed by atoms with van der Waals surface area (Å²) in [6, 6.07) is 6.08. The Hall–Kier alpha value is -1.06. The molecule has 116 valence electrons. The van der Waals surface area contributed by atoms with E-state index in [4.69, 9.17) is 11.6 Å². The molecule has 1 aliphatic rings. The summed E-state index contributed by atoms with van der Waals surface area (Å²) in [5.41, 5.74) is 3.20. The largest absolute Gasteiger partial charge is 0.324 e. The van der Waals surface area contributed by atoms with Gasteiger partial charge in [0.1, 0.15) is 0 Å². The molecule has 0 radical (unpaired) electrons. The number of nitrogens with one attached hydrogen (secondary N) is 1. The van der Waals surface area contributed by atoms with Gasteiger partial charge in [-0.2, -0.15) is 0 Å². The number of alkyl halides is 1. The molecule has 1 saturated heterocycles. The molecular weight excluding hydrogens is 284 g/mol. The number of piperidine rings is 1. The lowest BCUT2D eigenvalue weighted by Crippen LogP contribution is -2.47. The van der Waals surface area contributed by atoms with Crippen LogP contribution in [-0.4, -0.2) is 35.8 Å². The molecule has 1 amide bonds. The number of aryl methyl sites for hydroxylation is 2. The third kappa shape index (κ3) is 4.21. The Morgan fingerprint density at radius 3 is 2.71 bits per heavy atom. The topological polar surface area (TPSA) is 32.3 Å². The zero-order valence-corrected chi connectivity index (χ0v) is 13.7. The zero-order valence-electron chi connectivity index (χ0n) is 13.0. The molecule has 3 nitrogen and oxygen atoms in total. The van der Waals surface area contributed by atoms with Gasteiger partial charge in [-0.15, -0.1) is 11.6 Å². The normalized spacial score (nSPS) is 19.5. The Labute approximate surface area is 132 Å². The van der Waals surface area contributed by atoms with Crippen molar-refractivity contribution in [1.82, 2.24) is 4.90 Å². The second-order valence-electron chi connectivity index (χ2n) is 5.85. The number of para-hydroxylation sites is 1. The molecule has 0 aromatic heterocycles. The second-order valence-corrected chi connectivity index (χ2v) is 6.22. The summed E-state index contributed by atoms with van der Waals surface area (Å²) in [5, 5.41) is 3.14. The number of halogens is 1. The van der Waals surface area contributed by atoms with Crippen LogP contribution in [0.4, 0.5) is 5.69 Å². The van der Waals surface area contributed by atoms with E-state index in [0.29, 0.717) is 5.88 Å². The maximum Gasteiger partial charge on any atom is 0.241 e. The first-order valence-electron chi connectivity index (χ1n) is 7.80. The van der Waals surface area contributed by atoms with E-state index in [-0.39, 0.29) is 11.9 Å². The van der Waals surface area contributed by atoms with E-state index in [1.165, 1.54) is 6.42 Å². The van der Waals surface area contributed by atoms with Gasteiger partial charge in [0.2, 0.25) is 5.91 Å². The van der Waals surface area contributed by atoms with Gasteiger partial charge in [-0.05, 0) is 50.8 Å². The highest BCUT2D eigenvalue weighted by molar-refractivity contribution is 6.17. The lowest BCUT2D eigenvalue weighted by atomic mass is 10.0. The molecule has 0 aliphatic carbocycles. The standard InChI is InChI=1S/C17H25ClN2O/c1-13-7-5-8-14(2)16(13)19-17(21)15-9-3-4-11-20(15)12-6-10-18/h5,7-8,15H,3-4,6,9-12H2,1-2H3,(H,19,21). The third-order valence-electron chi connectivity index (χ3n) is 4.22. The van der Waals surface area contributed by atoms with Gasteiger partial charge in [0.05, 0.1) is 6.04 Å². The minimum Gasteiger partial charge on any atom is -0.324 e. The van der Waals surface area contributed by atoms with E-state index in [1.807, 2.05) is 32.0 Å². The molecule has 1 aromatic rings. The quantitative estimate of drug-likeness (QED) is 0.841. The first-order chi connectivity index (χ1) is 10.1. The number of carbonyl (C=O) groups is 1. The number of hydrogen-bond acceptors (Lipinski definition) is 2. The average Bonchev–Trinajstić information content (AvgIpc) is 2.49. The van der Waals surface area contributed by atoms with Gasteiger partial charge in [-0.1, -0.05) is 24.6 Å². The van der Waals surface area contributed by atoms with E-state index < -0.39 is 0 Å². The fraction of sp³-hybridized carbons (Fsp3) is 0.588. The number of likely N-dealkylation sites (tertiary alicyclic amines) is 1. The van der Waals surface area contributed by atoms with Crippen molar-refractivity contribution < 1.29 is 4.79 Å². The van der Waals surface area contributed by atoms with Gasteiger partial charge in [-0.3, -0.25) is 9.69 Å².